The van der Waals surface area contributed by atoms with Crippen LogP contribution in [0.3, 0.4) is 0 Å². The van der Waals surface area contributed by atoms with E-state index < -0.39 is 17.5 Å². The second-order valence-electron chi connectivity index (χ2n) is 3.48. The lowest BCUT2D eigenvalue weighted by atomic mass is 10.2. The van der Waals surface area contributed by atoms with E-state index in [-0.39, 0.29) is 18.1 Å². The van der Waals surface area contributed by atoms with Gasteiger partial charge in [0.1, 0.15) is 0 Å². The van der Waals surface area contributed by atoms with Crippen molar-refractivity contribution in [3.8, 4) is 0 Å². The number of benzene rings is 1. The van der Waals surface area contributed by atoms with Crippen LogP contribution >= 0.6 is 0 Å². The van der Waals surface area contributed by atoms with E-state index in [2.05, 4.69) is 5.32 Å². The van der Waals surface area contributed by atoms with Crippen molar-refractivity contribution in [2.24, 2.45) is 0 Å². The molecule has 0 radical (unpaired) electrons. The molecule has 0 atom stereocenters. The molecule has 1 N–H and O–H groups in total. The predicted octanol–water partition coefficient (Wildman–Crippen LogP) is 1.99. The Labute approximate surface area is 97.2 Å². The van der Waals surface area contributed by atoms with Crippen LogP contribution in [0.15, 0.2) is 12.1 Å². The van der Waals surface area contributed by atoms with Crippen LogP contribution in [0.4, 0.5) is 18.9 Å². The minimum atomic E-state index is -1.55. The second kappa shape index (κ2) is 5.56. The number of rotatable bonds is 4. The first kappa shape index (κ1) is 13.3. The Balaban J connectivity index is 2.71. The average molecular weight is 246 g/mol. The van der Waals surface area contributed by atoms with Crippen LogP contribution in [0.5, 0.6) is 0 Å². The van der Waals surface area contributed by atoms with Gasteiger partial charge in [0.15, 0.2) is 17.5 Å². The number of carbonyl (C=O) groups is 1. The van der Waals surface area contributed by atoms with Crippen LogP contribution in [0.1, 0.15) is 6.92 Å². The fraction of sp³-hybridized carbons (Fsp3) is 0.364. The van der Waals surface area contributed by atoms with Crippen molar-refractivity contribution in [3.05, 3.63) is 29.6 Å². The fourth-order valence-electron chi connectivity index (χ4n) is 1.14. The van der Waals surface area contributed by atoms with E-state index in [1.54, 1.807) is 14.0 Å². The van der Waals surface area contributed by atoms with Crippen LogP contribution in [-0.2, 0) is 4.79 Å². The monoisotopic (exact) mass is 246 g/mol. The van der Waals surface area contributed by atoms with Gasteiger partial charge in [0.05, 0.1) is 12.2 Å². The zero-order valence-electron chi connectivity index (χ0n) is 9.56. The van der Waals surface area contributed by atoms with E-state index in [0.717, 1.165) is 12.1 Å². The summed E-state index contributed by atoms with van der Waals surface area (Å²) >= 11 is 0. The van der Waals surface area contributed by atoms with Crippen LogP contribution in [0.2, 0.25) is 0 Å². The summed E-state index contributed by atoms with van der Waals surface area (Å²) in [6, 6.07) is 1.85. The van der Waals surface area contributed by atoms with Crippen molar-refractivity contribution in [2.45, 2.75) is 6.92 Å². The van der Waals surface area contributed by atoms with Crippen LogP contribution in [-0.4, -0.2) is 30.9 Å². The molecule has 94 valence electrons. The second-order valence-corrected chi connectivity index (χ2v) is 3.48. The van der Waals surface area contributed by atoms with E-state index in [4.69, 9.17) is 0 Å². The van der Waals surface area contributed by atoms with E-state index in [1.165, 1.54) is 4.90 Å². The summed E-state index contributed by atoms with van der Waals surface area (Å²) in [5, 5.41) is 2.42. The van der Waals surface area contributed by atoms with Gasteiger partial charge in [-0.05, 0) is 19.1 Å². The zero-order valence-corrected chi connectivity index (χ0v) is 9.56. The summed E-state index contributed by atoms with van der Waals surface area (Å²) in [5.41, 5.74) is -0.234. The maximum absolute atomic E-state index is 13.2. The highest BCUT2D eigenvalue weighted by atomic mass is 19.2. The molecule has 0 spiro atoms. The molecule has 3 nitrogen and oxygen atoms in total. The Morgan fingerprint density at radius 2 is 1.94 bits per heavy atom. The molecule has 0 heterocycles. The predicted molar refractivity (Wildman–Crippen MR) is 58.1 cm³/mol. The van der Waals surface area contributed by atoms with Crippen LogP contribution < -0.4 is 5.32 Å². The normalized spacial score (nSPS) is 10.2. The Morgan fingerprint density at radius 3 is 2.53 bits per heavy atom. The molecule has 0 aliphatic rings. The molecule has 1 aromatic rings. The highest BCUT2D eigenvalue weighted by Crippen LogP contribution is 2.19. The fourth-order valence-corrected chi connectivity index (χ4v) is 1.14. The maximum atomic E-state index is 13.2. The number of hydrogen-bond acceptors (Lipinski definition) is 2. The topological polar surface area (TPSA) is 32.3 Å². The number of nitrogens with zero attached hydrogens (tertiary/aromatic N) is 1. The number of likely N-dealkylation sites (N-methyl/N-ethyl adjacent to an activating group) is 1. The molecule has 0 unspecified atom stereocenters. The molecule has 6 heteroatoms. The Morgan fingerprint density at radius 1 is 1.29 bits per heavy atom. The molecule has 0 fully saturated rings. The third kappa shape index (κ3) is 3.12. The number of nitrogens with one attached hydrogen (secondary N) is 1. The Kier molecular flexibility index (Phi) is 4.37. The molecule has 0 bridgehead atoms. The van der Waals surface area contributed by atoms with E-state index >= 15 is 0 Å². The van der Waals surface area contributed by atoms with Gasteiger partial charge in [0, 0.05) is 13.6 Å². The first-order chi connectivity index (χ1) is 7.97. The Hall–Kier alpha value is -1.72. The molecular formula is C11H13F3N2O. The molecule has 0 saturated carbocycles. The molecule has 17 heavy (non-hydrogen) atoms. The molecule has 0 aromatic heterocycles. The van der Waals surface area contributed by atoms with Crippen LogP contribution in [0.25, 0.3) is 0 Å². The zero-order chi connectivity index (χ0) is 13.0. The van der Waals surface area contributed by atoms with Gasteiger partial charge in [-0.25, -0.2) is 13.2 Å². The molecular weight excluding hydrogens is 233 g/mol. The lowest BCUT2D eigenvalue weighted by molar-refractivity contribution is -0.127. The number of anilines is 1. The van der Waals surface area contributed by atoms with Gasteiger partial charge < -0.3 is 10.2 Å². The van der Waals surface area contributed by atoms with Gasteiger partial charge in [-0.1, -0.05) is 0 Å². The quantitative estimate of drug-likeness (QED) is 0.824. The van der Waals surface area contributed by atoms with E-state index in [1.807, 2.05) is 0 Å². The summed E-state index contributed by atoms with van der Waals surface area (Å²) in [4.78, 5) is 12.8. The van der Waals surface area contributed by atoms with Crippen LogP contribution in [0, 0.1) is 17.5 Å². The van der Waals surface area contributed by atoms with Gasteiger partial charge >= 0.3 is 0 Å². The lowest BCUT2D eigenvalue weighted by Gasteiger charge is -2.15. The van der Waals surface area contributed by atoms with Crippen molar-refractivity contribution in [1.82, 2.24) is 4.90 Å². The lowest BCUT2D eigenvalue weighted by Crippen LogP contribution is -2.32. The smallest absolute Gasteiger partial charge is 0.241 e. The number of carbonyl (C=O) groups excluding carboxylic acids is 1. The van der Waals surface area contributed by atoms with Crippen molar-refractivity contribution >= 4 is 11.6 Å². The standard InChI is InChI=1S/C11H13F3N2O/c1-3-16(2)9(17)6-15-8-5-4-7(12)10(13)11(8)14/h4-5,15H,3,6H2,1-2H3. The molecule has 0 saturated heterocycles. The van der Waals surface area contributed by atoms with E-state index in [0.29, 0.717) is 6.54 Å². The molecule has 1 amide bonds. The minimum Gasteiger partial charge on any atom is -0.374 e. The van der Waals surface area contributed by atoms with Gasteiger partial charge in [-0.2, -0.15) is 0 Å². The average Bonchev–Trinajstić information content (AvgIpc) is 2.33. The summed E-state index contributed by atoms with van der Waals surface area (Å²) in [7, 11) is 1.59. The van der Waals surface area contributed by atoms with Crippen molar-refractivity contribution in [2.75, 3.05) is 25.5 Å². The third-order valence-corrected chi connectivity index (χ3v) is 2.37. The number of hydrogen-bond donors (Lipinski definition) is 1. The number of halogens is 3. The van der Waals surface area contributed by atoms with Crippen molar-refractivity contribution in [1.29, 1.82) is 0 Å². The first-order valence-corrected chi connectivity index (χ1v) is 5.08. The maximum Gasteiger partial charge on any atom is 0.241 e. The van der Waals surface area contributed by atoms with Gasteiger partial charge in [-0.15, -0.1) is 0 Å². The molecule has 0 aliphatic heterocycles. The molecule has 1 aromatic carbocycles. The minimum absolute atomic E-state index is 0.174. The SMILES string of the molecule is CCN(C)C(=O)CNc1ccc(F)c(F)c1F. The summed E-state index contributed by atoms with van der Waals surface area (Å²) in [6.45, 7) is 2.13. The van der Waals surface area contributed by atoms with Gasteiger partial charge in [-0.3, -0.25) is 4.79 Å². The Bertz CT molecular complexity index is 423. The highest BCUT2D eigenvalue weighted by Gasteiger charge is 2.14. The van der Waals surface area contributed by atoms with Crippen molar-refractivity contribution < 1.29 is 18.0 Å². The highest BCUT2D eigenvalue weighted by molar-refractivity contribution is 5.80. The third-order valence-electron chi connectivity index (χ3n) is 2.37. The number of amides is 1. The largest absolute Gasteiger partial charge is 0.374 e. The van der Waals surface area contributed by atoms with Gasteiger partial charge in [0.25, 0.3) is 0 Å². The summed E-state index contributed by atoms with van der Waals surface area (Å²) < 4.78 is 38.7. The summed E-state index contributed by atoms with van der Waals surface area (Å²) in [6.07, 6.45) is 0. The molecule has 1 rings (SSSR count). The van der Waals surface area contributed by atoms with Gasteiger partial charge in [0.2, 0.25) is 5.91 Å². The molecule has 0 aliphatic carbocycles. The van der Waals surface area contributed by atoms with Crippen molar-refractivity contribution in [3.63, 3.8) is 0 Å². The van der Waals surface area contributed by atoms with E-state index in [9.17, 15) is 18.0 Å². The summed E-state index contributed by atoms with van der Waals surface area (Å²) in [5.74, 6) is -4.40. The first-order valence-electron chi connectivity index (χ1n) is 5.08.